The van der Waals surface area contributed by atoms with Crippen molar-refractivity contribution in [2.45, 2.75) is 52.5 Å². The summed E-state index contributed by atoms with van der Waals surface area (Å²) in [6.45, 7) is 7.91. The van der Waals surface area contributed by atoms with E-state index < -0.39 is 9.84 Å². The topological polar surface area (TPSA) is 46.2 Å². The molecule has 1 aliphatic heterocycles. The first-order valence-electron chi connectivity index (χ1n) is 7.21. The van der Waals surface area contributed by atoms with E-state index >= 15 is 0 Å². The third kappa shape index (κ3) is 3.70. The summed E-state index contributed by atoms with van der Waals surface area (Å²) in [4.78, 5) is 0. The smallest absolute Gasteiger partial charge is 0.150 e. The van der Waals surface area contributed by atoms with Crippen molar-refractivity contribution < 1.29 is 8.42 Å². The van der Waals surface area contributed by atoms with Crippen LogP contribution in [0.4, 0.5) is 0 Å². The summed E-state index contributed by atoms with van der Waals surface area (Å²) in [5.74, 6) is 1.84. The van der Waals surface area contributed by atoms with Crippen molar-refractivity contribution in [3.63, 3.8) is 0 Å². The monoisotopic (exact) mass is 273 g/mol. The fraction of sp³-hybridized carbons (Fsp3) is 1.00. The van der Waals surface area contributed by atoms with Crippen LogP contribution in [0.15, 0.2) is 0 Å². The van der Waals surface area contributed by atoms with Crippen molar-refractivity contribution in [1.82, 2.24) is 5.32 Å². The summed E-state index contributed by atoms with van der Waals surface area (Å²) in [6.07, 6.45) is 4.63. The van der Waals surface area contributed by atoms with Crippen LogP contribution in [-0.2, 0) is 9.84 Å². The fourth-order valence-corrected chi connectivity index (χ4v) is 5.46. The molecule has 1 saturated heterocycles. The third-order valence-electron chi connectivity index (χ3n) is 4.69. The molecule has 3 atom stereocenters. The van der Waals surface area contributed by atoms with Crippen LogP contribution in [0.2, 0.25) is 0 Å². The average molecular weight is 273 g/mol. The Hall–Kier alpha value is -0.0900. The second-order valence-corrected chi connectivity index (χ2v) is 9.40. The van der Waals surface area contributed by atoms with Gasteiger partial charge in [0.05, 0.1) is 11.5 Å². The van der Waals surface area contributed by atoms with Crippen molar-refractivity contribution in [3.05, 3.63) is 0 Å². The number of hydrogen-bond donors (Lipinski definition) is 1. The van der Waals surface area contributed by atoms with Gasteiger partial charge in [0.2, 0.25) is 0 Å². The molecule has 0 aromatic heterocycles. The molecule has 0 aromatic rings. The van der Waals surface area contributed by atoms with E-state index in [4.69, 9.17) is 0 Å². The normalized spacial score (nSPS) is 38.7. The van der Waals surface area contributed by atoms with Gasteiger partial charge in [0.25, 0.3) is 0 Å². The summed E-state index contributed by atoms with van der Waals surface area (Å²) in [5.41, 5.74) is 0.480. The van der Waals surface area contributed by atoms with E-state index in [1.54, 1.807) is 0 Å². The number of nitrogens with one attached hydrogen (secondary N) is 1. The van der Waals surface area contributed by atoms with Gasteiger partial charge in [-0.2, -0.15) is 0 Å². The molecular weight excluding hydrogens is 246 g/mol. The lowest BCUT2D eigenvalue weighted by molar-refractivity contribution is 0.147. The van der Waals surface area contributed by atoms with Gasteiger partial charge in [0, 0.05) is 6.04 Å². The first kappa shape index (κ1) is 14.3. The molecule has 0 bridgehead atoms. The Morgan fingerprint density at radius 3 is 2.56 bits per heavy atom. The summed E-state index contributed by atoms with van der Waals surface area (Å²) in [7, 11) is -2.72. The van der Waals surface area contributed by atoms with Crippen LogP contribution in [0.25, 0.3) is 0 Å². The minimum Gasteiger partial charge on any atom is -0.313 e. The largest absolute Gasteiger partial charge is 0.313 e. The van der Waals surface area contributed by atoms with Crippen LogP contribution < -0.4 is 5.32 Å². The fourth-order valence-electron chi connectivity index (χ4n) is 3.60. The zero-order valence-corrected chi connectivity index (χ0v) is 12.7. The summed E-state index contributed by atoms with van der Waals surface area (Å²) in [6, 6.07) is 0.585. The maximum Gasteiger partial charge on any atom is 0.150 e. The van der Waals surface area contributed by atoms with Gasteiger partial charge in [-0.1, -0.05) is 20.8 Å². The molecule has 2 aliphatic rings. The molecule has 0 amide bonds. The highest BCUT2D eigenvalue weighted by molar-refractivity contribution is 7.91. The number of sulfone groups is 1. The van der Waals surface area contributed by atoms with Crippen molar-refractivity contribution in [2.75, 3.05) is 18.1 Å². The van der Waals surface area contributed by atoms with Crippen molar-refractivity contribution >= 4 is 9.84 Å². The van der Waals surface area contributed by atoms with Crippen molar-refractivity contribution in [3.8, 4) is 0 Å². The van der Waals surface area contributed by atoms with Gasteiger partial charge >= 0.3 is 0 Å². The zero-order valence-electron chi connectivity index (χ0n) is 11.9. The van der Waals surface area contributed by atoms with Gasteiger partial charge in [-0.15, -0.1) is 0 Å². The first-order valence-corrected chi connectivity index (χ1v) is 9.03. The maximum absolute atomic E-state index is 11.4. The van der Waals surface area contributed by atoms with Crippen molar-refractivity contribution in [2.24, 2.45) is 17.3 Å². The molecule has 4 heteroatoms. The second-order valence-electron chi connectivity index (χ2n) is 7.17. The molecule has 0 radical (unpaired) electrons. The van der Waals surface area contributed by atoms with E-state index in [9.17, 15) is 8.42 Å². The lowest BCUT2D eigenvalue weighted by Crippen LogP contribution is -2.43. The first-order chi connectivity index (χ1) is 8.27. The molecule has 0 spiro atoms. The predicted octanol–water partition coefficient (Wildman–Crippen LogP) is 2.23. The molecule has 106 valence electrons. The Morgan fingerprint density at radius 1 is 1.28 bits per heavy atom. The van der Waals surface area contributed by atoms with E-state index in [0.29, 0.717) is 34.8 Å². The van der Waals surface area contributed by atoms with Gasteiger partial charge in [-0.3, -0.25) is 0 Å². The maximum atomic E-state index is 11.4. The van der Waals surface area contributed by atoms with E-state index in [1.807, 2.05) is 0 Å². The standard InChI is InChI=1S/C14H27NO2S/c1-11-8-14(2,3)6-4-13(11)15-9-12-5-7-18(16,17)10-12/h11-13,15H,4-10H2,1-3H3. The molecule has 3 nitrogen and oxygen atoms in total. The van der Waals surface area contributed by atoms with Gasteiger partial charge in [0.15, 0.2) is 9.84 Å². The highest BCUT2D eigenvalue weighted by Crippen LogP contribution is 2.38. The molecular formula is C14H27NO2S. The Bertz CT molecular complexity index is 389. The predicted molar refractivity (Wildman–Crippen MR) is 75.3 cm³/mol. The minimum absolute atomic E-state index is 0.345. The van der Waals surface area contributed by atoms with Gasteiger partial charge in [-0.25, -0.2) is 8.42 Å². The van der Waals surface area contributed by atoms with Gasteiger partial charge in [0.1, 0.15) is 0 Å². The lowest BCUT2D eigenvalue weighted by Gasteiger charge is -2.40. The Balaban J connectivity index is 1.78. The summed E-state index contributed by atoms with van der Waals surface area (Å²) in [5, 5.41) is 3.62. The second kappa shape index (κ2) is 5.12. The summed E-state index contributed by atoms with van der Waals surface area (Å²) >= 11 is 0. The summed E-state index contributed by atoms with van der Waals surface area (Å²) < 4.78 is 22.8. The highest BCUT2D eigenvalue weighted by atomic mass is 32.2. The third-order valence-corrected chi connectivity index (χ3v) is 6.53. The molecule has 1 saturated carbocycles. The number of rotatable bonds is 3. The molecule has 2 fully saturated rings. The molecule has 1 N–H and O–H groups in total. The molecule has 3 unspecified atom stereocenters. The molecule has 2 rings (SSSR count). The quantitative estimate of drug-likeness (QED) is 0.857. The van der Waals surface area contributed by atoms with Gasteiger partial charge < -0.3 is 5.32 Å². The van der Waals surface area contributed by atoms with E-state index in [2.05, 4.69) is 26.1 Å². The highest BCUT2D eigenvalue weighted by Gasteiger charge is 2.33. The zero-order chi connectivity index (χ0) is 13.4. The van der Waals surface area contributed by atoms with Crippen LogP contribution in [0.1, 0.15) is 46.5 Å². The Labute approximate surface area is 112 Å². The van der Waals surface area contributed by atoms with Crippen LogP contribution in [0.5, 0.6) is 0 Å². The van der Waals surface area contributed by atoms with Crippen LogP contribution in [-0.4, -0.2) is 32.5 Å². The van der Waals surface area contributed by atoms with Crippen LogP contribution in [0, 0.1) is 17.3 Å². The van der Waals surface area contributed by atoms with Crippen LogP contribution in [0.3, 0.4) is 0 Å². The molecule has 0 aromatic carbocycles. The molecule has 18 heavy (non-hydrogen) atoms. The van der Waals surface area contributed by atoms with E-state index in [-0.39, 0.29) is 0 Å². The Morgan fingerprint density at radius 2 is 2.00 bits per heavy atom. The van der Waals surface area contributed by atoms with Crippen LogP contribution >= 0.6 is 0 Å². The SMILES string of the molecule is CC1CC(C)(C)CCC1NCC1CCS(=O)(=O)C1. The lowest BCUT2D eigenvalue weighted by atomic mass is 9.70. The van der Waals surface area contributed by atoms with E-state index in [0.717, 1.165) is 13.0 Å². The van der Waals surface area contributed by atoms with E-state index in [1.165, 1.54) is 19.3 Å². The minimum atomic E-state index is -2.72. The van der Waals surface area contributed by atoms with Gasteiger partial charge in [-0.05, 0) is 49.5 Å². The molecule has 1 aliphatic carbocycles. The Kier molecular flexibility index (Phi) is 4.07. The average Bonchev–Trinajstić information content (AvgIpc) is 2.56. The van der Waals surface area contributed by atoms with Crippen molar-refractivity contribution in [1.29, 1.82) is 0 Å². The number of hydrogen-bond acceptors (Lipinski definition) is 3. The molecule has 1 heterocycles.